The molecule has 2 aromatic carbocycles. The van der Waals surface area contributed by atoms with Gasteiger partial charge in [-0.15, -0.1) is 11.8 Å². The van der Waals surface area contributed by atoms with Gasteiger partial charge in [-0.05, 0) is 36.6 Å². The average Bonchev–Trinajstić information content (AvgIpc) is 3.15. The average molecular weight is 389 g/mol. The molecule has 0 fully saturated rings. The molecule has 1 aromatic heterocycles. The molecule has 1 heterocycles. The third kappa shape index (κ3) is 3.94. The van der Waals surface area contributed by atoms with E-state index in [1.807, 2.05) is 6.26 Å². The Kier molecular flexibility index (Phi) is 5.69. The molecule has 7 nitrogen and oxygen atoms in total. The van der Waals surface area contributed by atoms with E-state index in [0.29, 0.717) is 22.5 Å². The summed E-state index contributed by atoms with van der Waals surface area (Å²) >= 11 is 2.60. The van der Waals surface area contributed by atoms with Crippen molar-refractivity contribution >= 4 is 52.1 Å². The van der Waals surface area contributed by atoms with Crippen molar-refractivity contribution in [1.29, 1.82) is 0 Å². The molecule has 0 atom stereocenters. The number of anilines is 1. The van der Waals surface area contributed by atoms with Gasteiger partial charge in [-0.2, -0.15) is 8.75 Å². The first-order valence-electron chi connectivity index (χ1n) is 7.52. The Morgan fingerprint density at radius 3 is 2.85 bits per heavy atom. The zero-order chi connectivity index (χ0) is 18.5. The number of ether oxygens (including phenoxy) is 2. The van der Waals surface area contributed by atoms with Crippen molar-refractivity contribution in [2.75, 3.05) is 25.3 Å². The van der Waals surface area contributed by atoms with Gasteiger partial charge in [0.2, 0.25) is 0 Å². The van der Waals surface area contributed by atoms with E-state index in [0.717, 1.165) is 16.6 Å². The van der Waals surface area contributed by atoms with E-state index < -0.39 is 18.5 Å². The van der Waals surface area contributed by atoms with Crippen molar-refractivity contribution in [1.82, 2.24) is 8.75 Å². The van der Waals surface area contributed by atoms with E-state index in [9.17, 15) is 9.59 Å². The second-order valence-corrected chi connectivity index (χ2v) is 6.54. The lowest BCUT2D eigenvalue weighted by atomic mass is 10.2. The molecular formula is C17H15N3O4S2. The second kappa shape index (κ2) is 8.15. The summed E-state index contributed by atoms with van der Waals surface area (Å²) in [6.45, 7) is -0.416. The summed E-state index contributed by atoms with van der Waals surface area (Å²) in [4.78, 5) is 25.3. The lowest BCUT2D eigenvalue weighted by molar-refractivity contribution is -0.119. The number of esters is 1. The van der Waals surface area contributed by atoms with Crippen molar-refractivity contribution in [2.45, 2.75) is 4.90 Å². The van der Waals surface area contributed by atoms with Gasteiger partial charge in [-0.1, -0.05) is 6.07 Å². The quantitative estimate of drug-likeness (QED) is 0.511. The maximum Gasteiger partial charge on any atom is 0.342 e. The number of hydrogen-bond donors (Lipinski definition) is 1. The molecular weight excluding hydrogens is 374 g/mol. The molecule has 0 aliphatic heterocycles. The fourth-order valence-corrected chi connectivity index (χ4v) is 3.25. The second-order valence-electron chi connectivity index (χ2n) is 5.13. The molecule has 134 valence electrons. The van der Waals surface area contributed by atoms with Gasteiger partial charge in [0, 0.05) is 4.90 Å². The molecule has 3 rings (SSSR count). The van der Waals surface area contributed by atoms with Crippen molar-refractivity contribution in [3.8, 4) is 5.75 Å². The van der Waals surface area contributed by atoms with Crippen LogP contribution in [-0.2, 0) is 9.53 Å². The van der Waals surface area contributed by atoms with Crippen molar-refractivity contribution in [2.24, 2.45) is 0 Å². The van der Waals surface area contributed by atoms with E-state index in [2.05, 4.69) is 14.1 Å². The normalized spacial score (nSPS) is 10.5. The van der Waals surface area contributed by atoms with E-state index in [4.69, 9.17) is 9.47 Å². The third-order valence-electron chi connectivity index (χ3n) is 3.52. The molecule has 1 amide bonds. The number of benzene rings is 2. The summed E-state index contributed by atoms with van der Waals surface area (Å²) < 4.78 is 18.6. The van der Waals surface area contributed by atoms with Crippen LogP contribution in [0.4, 0.5) is 5.69 Å². The molecule has 0 radical (unpaired) electrons. The number of fused-ring (bicyclic) bond motifs is 1. The SMILES string of the molecule is COc1cc(SC)ccc1C(=O)OCC(=O)Nc1cccc2nsnc12. The van der Waals surface area contributed by atoms with Crippen LogP contribution < -0.4 is 10.1 Å². The minimum absolute atomic E-state index is 0.268. The summed E-state index contributed by atoms with van der Waals surface area (Å²) in [5.41, 5.74) is 2.10. The number of hydrogen-bond acceptors (Lipinski definition) is 8. The van der Waals surface area contributed by atoms with Gasteiger partial charge >= 0.3 is 5.97 Å². The fourth-order valence-electron chi connectivity index (χ4n) is 2.27. The van der Waals surface area contributed by atoms with Crippen molar-refractivity contribution < 1.29 is 19.1 Å². The van der Waals surface area contributed by atoms with E-state index in [-0.39, 0.29) is 5.56 Å². The van der Waals surface area contributed by atoms with Crippen LogP contribution in [0.25, 0.3) is 11.0 Å². The zero-order valence-electron chi connectivity index (χ0n) is 14.0. The van der Waals surface area contributed by atoms with Crippen LogP contribution in [-0.4, -0.2) is 40.6 Å². The summed E-state index contributed by atoms with van der Waals surface area (Å²) in [6, 6.07) is 10.4. The number of amides is 1. The highest BCUT2D eigenvalue weighted by Crippen LogP contribution is 2.26. The predicted octanol–water partition coefficient (Wildman–Crippen LogP) is 3.22. The molecule has 0 bridgehead atoms. The summed E-state index contributed by atoms with van der Waals surface area (Å²) in [7, 11) is 1.48. The van der Waals surface area contributed by atoms with Crippen LogP contribution in [0.5, 0.6) is 5.75 Å². The first-order valence-corrected chi connectivity index (χ1v) is 9.48. The Hall–Kier alpha value is -2.65. The monoisotopic (exact) mass is 389 g/mol. The molecule has 3 aromatic rings. The number of rotatable bonds is 6. The van der Waals surface area contributed by atoms with Gasteiger partial charge in [0.25, 0.3) is 5.91 Å². The van der Waals surface area contributed by atoms with Gasteiger partial charge in [0.1, 0.15) is 22.3 Å². The summed E-state index contributed by atoms with van der Waals surface area (Å²) in [6.07, 6.45) is 1.93. The van der Waals surface area contributed by atoms with Crippen LogP contribution >= 0.6 is 23.5 Å². The van der Waals surface area contributed by atoms with Crippen LogP contribution in [0.1, 0.15) is 10.4 Å². The highest BCUT2D eigenvalue weighted by molar-refractivity contribution is 7.98. The largest absolute Gasteiger partial charge is 0.496 e. The number of carbonyl (C=O) groups is 2. The maximum atomic E-state index is 12.2. The first-order chi connectivity index (χ1) is 12.6. The molecule has 1 N–H and O–H groups in total. The number of carbonyl (C=O) groups excluding carboxylic acids is 2. The maximum absolute atomic E-state index is 12.2. The molecule has 0 aliphatic rings. The molecule has 26 heavy (non-hydrogen) atoms. The minimum atomic E-state index is -0.627. The molecule has 0 saturated carbocycles. The Morgan fingerprint density at radius 2 is 2.08 bits per heavy atom. The number of thioether (sulfide) groups is 1. The molecule has 0 saturated heterocycles. The van der Waals surface area contributed by atoms with Crippen molar-refractivity contribution in [3.05, 3.63) is 42.0 Å². The third-order valence-corrected chi connectivity index (χ3v) is 4.79. The van der Waals surface area contributed by atoms with Gasteiger partial charge < -0.3 is 14.8 Å². The summed E-state index contributed by atoms with van der Waals surface area (Å²) in [5.74, 6) is -0.683. The predicted molar refractivity (Wildman–Crippen MR) is 101 cm³/mol. The van der Waals surface area contributed by atoms with E-state index in [1.165, 1.54) is 18.9 Å². The highest BCUT2D eigenvalue weighted by atomic mass is 32.2. The molecule has 0 unspecified atom stereocenters. The van der Waals surface area contributed by atoms with Crippen LogP contribution in [0.2, 0.25) is 0 Å². The van der Waals surface area contributed by atoms with Crippen LogP contribution in [0.15, 0.2) is 41.3 Å². The van der Waals surface area contributed by atoms with Crippen LogP contribution in [0, 0.1) is 0 Å². The standard InChI is InChI=1S/C17H15N3O4S2/c1-23-14-8-10(25-2)6-7-11(14)17(22)24-9-15(21)18-12-4-3-5-13-16(12)20-26-19-13/h3-8H,9H2,1-2H3,(H,18,21). The van der Waals surface area contributed by atoms with E-state index in [1.54, 1.807) is 36.4 Å². The Labute approximate surface area is 158 Å². The topological polar surface area (TPSA) is 90.4 Å². The number of methoxy groups -OCH3 is 1. The minimum Gasteiger partial charge on any atom is -0.496 e. The van der Waals surface area contributed by atoms with Gasteiger partial charge in [0.05, 0.1) is 24.5 Å². The van der Waals surface area contributed by atoms with Crippen molar-refractivity contribution in [3.63, 3.8) is 0 Å². The van der Waals surface area contributed by atoms with Crippen LogP contribution in [0.3, 0.4) is 0 Å². The van der Waals surface area contributed by atoms with Gasteiger partial charge in [-0.3, -0.25) is 4.79 Å². The number of nitrogens with one attached hydrogen (secondary N) is 1. The van der Waals surface area contributed by atoms with Gasteiger partial charge in [-0.25, -0.2) is 4.79 Å². The fraction of sp³-hybridized carbons (Fsp3) is 0.176. The number of aromatic nitrogens is 2. The number of nitrogens with zero attached hydrogens (tertiary/aromatic N) is 2. The molecule has 0 aliphatic carbocycles. The Morgan fingerprint density at radius 1 is 1.23 bits per heavy atom. The smallest absolute Gasteiger partial charge is 0.342 e. The van der Waals surface area contributed by atoms with E-state index >= 15 is 0 Å². The first kappa shape index (κ1) is 18.2. The Bertz CT molecular complexity index is 958. The Balaban J connectivity index is 1.64. The van der Waals surface area contributed by atoms with Gasteiger partial charge in [0.15, 0.2) is 6.61 Å². The summed E-state index contributed by atoms with van der Waals surface area (Å²) in [5, 5.41) is 2.68. The molecule has 0 spiro atoms. The lowest BCUT2D eigenvalue weighted by Crippen LogP contribution is -2.21. The lowest BCUT2D eigenvalue weighted by Gasteiger charge is -2.10. The highest BCUT2D eigenvalue weighted by Gasteiger charge is 2.16. The zero-order valence-corrected chi connectivity index (χ0v) is 15.6. The molecule has 9 heteroatoms.